The maximum absolute atomic E-state index is 6.30. The van der Waals surface area contributed by atoms with Crippen LogP contribution in [0.2, 0.25) is 5.02 Å². The van der Waals surface area contributed by atoms with E-state index in [9.17, 15) is 0 Å². The molecule has 0 amide bonds. The van der Waals surface area contributed by atoms with Crippen LogP contribution in [0.1, 0.15) is 5.56 Å². The van der Waals surface area contributed by atoms with Crippen molar-refractivity contribution in [2.75, 3.05) is 0 Å². The molecule has 4 aromatic rings. The van der Waals surface area contributed by atoms with Gasteiger partial charge in [0.05, 0.1) is 0 Å². The molecule has 4 rings (SSSR count). The van der Waals surface area contributed by atoms with Gasteiger partial charge in [0.15, 0.2) is 0 Å². The smallest absolute Gasteiger partial charge is 0.0411 e. The van der Waals surface area contributed by atoms with Gasteiger partial charge in [-0.3, -0.25) is 0 Å². The third kappa shape index (κ3) is 3.65. The molecule has 0 aromatic heterocycles. The number of halogens is 1. The first-order valence-corrected chi connectivity index (χ1v) is 11.2. The van der Waals surface area contributed by atoms with E-state index in [0.29, 0.717) is 0 Å². The van der Waals surface area contributed by atoms with E-state index >= 15 is 0 Å². The molecule has 0 spiro atoms. The Balaban J connectivity index is 2.13. The zero-order chi connectivity index (χ0) is 18.5. The van der Waals surface area contributed by atoms with E-state index < -0.39 is 6.89 Å². The second kappa shape index (κ2) is 8.01. The van der Waals surface area contributed by atoms with Crippen molar-refractivity contribution in [3.63, 3.8) is 0 Å². The Hall–Kier alpha value is -2.53. The van der Waals surface area contributed by atoms with Crippen LogP contribution in [-0.4, -0.2) is 5.80 Å². The van der Waals surface area contributed by atoms with Crippen molar-refractivity contribution in [1.29, 1.82) is 0 Å². The fraction of sp³-hybridized carbons (Fsp3) is 0. The van der Waals surface area contributed by atoms with Gasteiger partial charge in [-0.15, -0.1) is 0 Å². The summed E-state index contributed by atoms with van der Waals surface area (Å²) in [5, 5.41) is 4.77. The maximum atomic E-state index is 6.30. The summed E-state index contributed by atoms with van der Waals surface area (Å²) in [6.45, 7) is -1.98. The lowest BCUT2D eigenvalue weighted by Gasteiger charge is -2.29. The third-order valence-corrected chi connectivity index (χ3v) is 8.94. The van der Waals surface area contributed by atoms with Gasteiger partial charge in [0.25, 0.3) is 0 Å². The maximum Gasteiger partial charge on any atom is 0.0411 e. The Labute approximate surface area is 166 Å². The summed E-state index contributed by atoms with van der Waals surface area (Å²) in [7, 11) is 0. The topological polar surface area (TPSA) is 0 Å². The minimum absolute atomic E-state index is 0.760. The Morgan fingerprint density at radius 2 is 0.963 bits per heavy atom. The van der Waals surface area contributed by atoms with Crippen LogP contribution in [0.25, 0.3) is 0 Å². The molecule has 0 bridgehead atoms. The second-order valence-corrected chi connectivity index (χ2v) is 10.1. The second-order valence-electron chi connectivity index (χ2n) is 6.41. The Bertz CT molecular complexity index is 967. The molecule has 0 saturated heterocycles. The third-order valence-electron chi connectivity index (χ3n) is 4.68. The molecular formula is C25H20ClP. The van der Waals surface area contributed by atoms with Crippen LogP contribution in [-0.2, 0) is 0 Å². The number of hydrogen-bond donors (Lipinski definition) is 0. The predicted octanol–water partition coefficient (Wildman–Crippen LogP) is 5.48. The lowest BCUT2D eigenvalue weighted by atomic mass is 10.2. The van der Waals surface area contributed by atoms with Crippen molar-refractivity contribution in [2.45, 2.75) is 0 Å². The Morgan fingerprint density at radius 1 is 0.519 bits per heavy atom. The summed E-state index contributed by atoms with van der Waals surface area (Å²) < 4.78 is 0. The minimum atomic E-state index is -1.98. The van der Waals surface area contributed by atoms with Gasteiger partial charge in [0.2, 0.25) is 0 Å². The molecule has 0 saturated carbocycles. The lowest BCUT2D eigenvalue weighted by Crippen LogP contribution is -2.27. The van der Waals surface area contributed by atoms with Gasteiger partial charge in [-0.05, 0) is 46.3 Å². The summed E-state index contributed by atoms with van der Waals surface area (Å²) in [5.41, 5.74) is 1.15. The highest BCUT2D eigenvalue weighted by Gasteiger charge is 2.24. The number of benzene rings is 4. The van der Waals surface area contributed by atoms with Crippen LogP contribution in [0.4, 0.5) is 0 Å². The SMILES string of the molecule is Clc1cccc(C=P(c2ccccc2)(c2ccccc2)c2ccccc2)c1. The first-order chi connectivity index (χ1) is 13.3. The van der Waals surface area contributed by atoms with Gasteiger partial charge in [0.1, 0.15) is 0 Å². The average molecular weight is 387 g/mol. The molecule has 0 unspecified atom stereocenters. The van der Waals surface area contributed by atoms with Crippen molar-refractivity contribution < 1.29 is 0 Å². The standard InChI is InChI=1S/C25H20ClP/c26-22-12-10-11-21(19-22)20-27(23-13-4-1-5-14-23,24-15-6-2-7-16-24)25-17-8-3-9-18-25/h1-20H. The quantitative estimate of drug-likeness (QED) is 0.407. The van der Waals surface area contributed by atoms with Crippen molar-refractivity contribution in [3.05, 3.63) is 126 Å². The van der Waals surface area contributed by atoms with Gasteiger partial charge in [-0.2, -0.15) is 0 Å². The highest BCUT2D eigenvalue weighted by molar-refractivity contribution is 7.94. The number of hydrogen-bond acceptors (Lipinski definition) is 0. The fourth-order valence-electron chi connectivity index (χ4n) is 3.47. The number of rotatable bonds is 4. The molecule has 0 heterocycles. The molecule has 0 aliphatic heterocycles. The van der Waals surface area contributed by atoms with Gasteiger partial charge >= 0.3 is 0 Å². The molecule has 4 aromatic carbocycles. The van der Waals surface area contributed by atoms with E-state index in [1.165, 1.54) is 15.9 Å². The first kappa shape index (κ1) is 17.9. The molecule has 27 heavy (non-hydrogen) atoms. The van der Waals surface area contributed by atoms with Gasteiger partial charge < -0.3 is 0 Å². The molecule has 0 aliphatic carbocycles. The van der Waals surface area contributed by atoms with E-state index in [4.69, 9.17) is 11.6 Å². The zero-order valence-electron chi connectivity index (χ0n) is 14.9. The molecule has 2 heteroatoms. The molecular weight excluding hydrogens is 367 g/mol. The van der Waals surface area contributed by atoms with Crippen molar-refractivity contribution >= 4 is 40.2 Å². The van der Waals surface area contributed by atoms with E-state index in [0.717, 1.165) is 10.6 Å². The van der Waals surface area contributed by atoms with Crippen LogP contribution in [0.3, 0.4) is 0 Å². The molecule has 0 aliphatic rings. The molecule has 132 valence electrons. The summed E-state index contributed by atoms with van der Waals surface area (Å²) in [6, 6.07) is 40.6. The van der Waals surface area contributed by atoms with Crippen molar-refractivity contribution in [2.24, 2.45) is 0 Å². The predicted molar refractivity (Wildman–Crippen MR) is 122 cm³/mol. The molecule has 0 atom stereocenters. The highest BCUT2D eigenvalue weighted by atomic mass is 35.5. The zero-order valence-corrected chi connectivity index (χ0v) is 16.5. The van der Waals surface area contributed by atoms with Crippen LogP contribution in [0.15, 0.2) is 115 Å². The van der Waals surface area contributed by atoms with Gasteiger partial charge in [0, 0.05) is 5.02 Å². The minimum Gasteiger partial charge on any atom is -0.0843 e. The van der Waals surface area contributed by atoms with E-state index in [2.05, 4.69) is 103 Å². The summed E-state index contributed by atoms with van der Waals surface area (Å²) in [5.74, 6) is 2.43. The molecule has 0 radical (unpaired) electrons. The molecule has 0 N–H and O–H groups in total. The van der Waals surface area contributed by atoms with E-state index in [-0.39, 0.29) is 0 Å². The van der Waals surface area contributed by atoms with Crippen LogP contribution in [0, 0.1) is 0 Å². The van der Waals surface area contributed by atoms with Crippen LogP contribution < -0.4 is 15.9 Å². The Kier molecular flexibility index (Phi) is 5.30. The van der Waals surface area contributed by atoms with E-state index in [1.807, 2.05) is 18.2 Å². The average Bonchev–Trinajstić information content (AvgIpc) is 2.74. The fourth-order valence-corrected chi connectivity index (χ4v) is 7.55. The van der Waals surface area contributed by atoms with E-state index in [1.54, 1.807) is 0 Å². The molecule has 0 fully saturated rings. The van der Waals surface area contributed by atoms with Crippen molar-refractivity contribution in [3.8, 4) is 0 Å². The first-order valence-electron chi connectivity index (χ1n) is 8.96. The Morgan fingerprint density at radius 3 is 1.37 bits per heavy atom. The van der Waals surface area contributed by atoms with Gasteiger partial charge in [-0.25, -0.2) is 0 Å². The van der Waals surface area contributed by atoms with Crippen molar-refractivity contribution in [1.82, 2.24) is 0 Å². The normalized spacial score (nSPS) is 11.1. The van der Waals surface area contributed by atoms with Crippen LogP contribution in [0.5, 0.6) is 0 Å². The highest BCUT2D eigenvalue weighted by Crippen LogP contribution is 2.44. The largest absolute Gasteiger partial charge is 0.0843 e. The summed E-state index contributed by atoms with van der Waals surface area (Å²) >= 11 is 6.30. The lowest BCUT2D eigenvalue weighted by molar-refractivity contribution is 1.68. The van der Waals surface area contributed by atoms with Crippen LogP contribution >= 0.6 is 18.5 Å². The van der Waals surface area contributed by atoms with Gasteiger partial charge in [-0.1, -0.05) is 115 Å². The summed E-state index contributed by atoms with van der Waals surface area (Å²) in [6.07, 6.45) is 0. The monoisotopic (exact) mass is 386 g/mol. The molecule has 0 nitrogen and oxygen atoms in total. The summed E-state index contributed by atoms with van der Waals surface area (Å²) in [4.78, 5) is 0.